The van der Waals surface area contributed by atoms with Crippen LogP contribution in [0.25, 0.3) is 0 Å². The molecular formula is C24H29N3O6S. The highest BCUT2D eigenvalue weighted by Crippen LogP contribution is 2.34. The molecule has 2 heterocycles. The molecule has 0 unspecified atom stereocenters. The Morgan fingerprint density at radius 3 is 2.35 bits per heavy atom. The van der Waals surface area contributed by atoms with Crippen molar-refractivity contribution in [3.63, 3.8) is 0 Å². The van der Waals surface area contributed by atoms with Gasteiger partial charge in [0.05, 0.1) is 19.8 Å². The first kappa shape index (κ1) is 25.4. The van der Waals surface area contributed by atoms with E-state index in [1.165, 1.54) is 14.2 Å². The van der Waals surface area contributed by atoms with E-state index in [2.05, 4.69) is 10.2 Å². The Kier molecular flexibility index (Phi) is 8.78. The summed E-state index contributed by atoms with van der Waals surface area (Å²) in [7, 11) is 2.50. The molecule has 0 radical (unpaired) electrons. The fraction of sp³-hybridized carbons (Fsp3) is 0.417. The molecule has 0 atom stereocenters. The Bertz CT molecular complexity index is 1050. The third kappa shape index (κ3) is 6.00. The smallest absolute Gasteiger partial charge is 0.348 e. The van der Waals surface area contributed by atoms with Gasteiger partial charge in [-0.1, -0.05) is 18.2 Å². The zero-order valence-electron chi connectivity index (χ0n) is 19.6. The number of nitrogens with zero attached hydrogens (tertiary/aromatic N) is 2. The molecule has 3 rings (SSSR count). The molecule has 1 saturated heterocycles. The van der Waals surface area contributed by atoms with E-state index in [9.17, 15) is 19.2 Å². The van der Waals surface area contributed by atoms with Crippen LogP contribution in [0.3, 0.4) is 0 Å². The van der Waals surface area contributed by atoms with Crippen molar-refractivity contribution in [1.82, 2.24) is 9.80 Å². The Balaban J connectivity index is 1.58. The van der Waals surface area contributed by atoms with Crippen LogP contribution < -0.4 is 5.32 Å². The van der Waals surface area contributed by atoms with E-state index in [1.54, 1.807) is 6.92 Å². The number of amides is 2. The molecule has 1 fully saturated rings. The molecule has 0 bridgehead atoms. The molecule has 10 heteroatoms. The van der Waals surface area contributed by atoms with E-state index in [0.717, 1.165) is 24.3 Å². The summed E-state index contributed by atoms with van der Waals surface area (Å²) in [5, 5.41) is 3.02. The number of nitrogens with one attached hydrogen (secondary N) is 1. The van der Waals surface area contributed by atoms with Gasteiger partial charge in [-0.3, -0.25) is 9.59 Å². The van der Waals surface area contributed by atoms with Crippen molar-refractivity contribution in [3.8, 4) is 0 Å². The monoisotopic (exact) mass is 487 g/mol. The van der Waals surface area contributed by atoms with Gasteiger partial charge in [-0.15, -0.1) is 11.3 Å². The summed E-state index contributed by atoms with van der Waals surface area (Å²) in [6.45, 7) is 4.84. The number of carbonyl (C=O) groups is 4. The average Bonchev–Trinajstić information content (AvgIpc) is 3.01. The second kappa shape index (κ2) is 11.8. The van der Waals surface area contributed by atoms with Crippen LogP contribution in [0.15, 0.2) is 30.3 Å². The van der Waals surface area contributed by atoms with Gasteiger partial charge in [-0.25, -0.2) is 9.59 Å². The maximum Gasteiger partial charge on any atom is 0.348 e. The normalized spacial score (nSPS) is 14.3. The predicted octanol–water partition coefficient (Wildman–Crippen LogP) is 2.81. The van der Waals surface area contributed by atoms with Crippen LogP contribution in [-0.2, 0) is 14.3 Å². The minimum absolute atomic E-state index is 0.0185. The number of hydrogen-bond acceptors (Lipinski definition) is 8. The van der Waals surface area contributed by atoms with Crippen LogP contribution in [-0.4, -0.2) is 80.5 Å². The van der Waals surface area contributed by atoms with Gasteiger partial charge in [0.1, 0.15) is 9.88 Å². The molecule has 0 aliphatic carbocycles. The zero-order chi connectivity index (χ0) is 24.7. The number of hydrogen-bond donors (Lipinski definition) is 1. The summed E-state index contributed by atoms with van der Waals surface area (Å²) in [6.07, 6.45) is 1.02. The molecule has 1 aliphatic rings. The SMILES string of the molecule is COC(=O)c1sc(NC(=O)CCN2CCCN(C(=O)c3ccccc3)CC2)c(C(=O)OC)c1C. The highest BCUT2D eigenvalue weighted by atomic mass is 32.1. The minimum Gasteiger partial charge on any atom is -0.465 e. The zero-order valence-corrected chi connectivity index (χ0v) is 20.4. The fourth-order valence-electron chi connectivity index (χ4n) is 3.85. The minimum atomic E-state index is -0.630. The number of thiophene rings is 1. The second-order valence-electron chi connectivity index (χ2n) is 7.90. The maximum absolute atomic E-state index is 12.7. The summed E-state index contributed by atoms with van der Waals surface area (Å²) in [5.74, 6) is -1.46. The molecule has 34 heavy (non-hydrogen) atoms. The van der Waals surface area contributed by atoms with Crippen LogP contribution in [0.2, 0.25) is 0 Å². The molecule has 1 aromatic heterocycles. The molecule has 1 aliphatic heterocycles. The van der Waals surface area contributed by atoms with Gasteiger partial charge in [-0.2, -0.15) is 0 Å². The van der Waals surface area contributed by atoms with Gasteiger partial charge >= 0.3 is 11.9 Å². The van der Waals surface area contributed by atoms with Gasteiger partial charge in [0.25, 0.3) is 5.91 Å². The Morgan fingerprint density at radius 2 is 1.68 bits per heavy atom. The number of methoxy groups -OCH3 is 2. The quantitative estimate of drug-likeness (QED) is 0.599. The summed E-state index contributed by atoms with van der Waals surface area (Å²) in [4.78, 5) is 53.9. The first-order valence-electron chi connectivity index (χ1n) is 11.0. The number of benzene rings is 1. The summed E-state index contributed by atoms with van der Waals surface area (Å²) in [6, 6.07) is 9.22. The topological polar surface area (TPSA) is 105 Å². The van der Waals surface area contributed by atoms with Gasteiger partial charge in [0.2, 0.25) is 5.91 Å². The average molecular weight is 488 g/mol. The van der Waals surface area contributed by atoms with Crippen molar-refractivity contribution >= 4 is 40.1 Å². The molecule has 2 aromatic rings. The van der Waals surface area contributed by atoms with Crippen molar-refractivity contribution in [1.29, 1.82) is 0 Å². The van der Waals surface area contributed by atoms with Gasteiger partial charge in [0.15, 0.2) is 0 Å². The number of esters is 2. The third-order valence-corrected chi connectivity index (χ3v) is 6.90. The van der Waals surface area contributed by atoms with Crippen molar-refractivity contribution < 1.29 is 28.7 Å². The van der Waals surface area contributed by atoms with Crippen molar-refractivity contribution in [2.24, 2.45) is 0 Å². The van der Waals surface area contributed by atoms with Crippen LogP contribution in [0.4, 0.5) is 5.00 Å². The van der Waals surface area contributed by atoms with Gasteiger partial charge in [0, 0.05) is 38.2 Å². The van der Waals surface area contributed by atoms with Crippen LogP contribution in [0.5, 0.6) is 0 Å². The molecule has 0 spiro atoms. The standard InChI is InChI=1S/C24H29N3O6S/c1-16-19(23(30)32-2)21(34-20(16)24(31)33-3)25-18(28)10-13-26-11-7-12-27(15-14-26)22(29)17-8-5-4-6-9-17/h4-6,8-9H,7,10-15H2,1-3H3,(H,25,28). The Labute approximate surface area is 202 Å². The van der Waals surface area contributed by atoms with E-state index in [0.29, 0.717) is 37.3 Å². The predicted molar refractivity (Wildman–Crippen MR) is 128 cm³/mol. The Hall–Kier alpha value is -3.24. The van der Waals surface area contributed by atoms with E-state index in [-0.39, 0.29) is 33.7 Å². The molecule has 1 N–H and O–H groups in total. The van der Waals surface area contributed by atoms with Crippen molar-refractivity contribution in [3.05, 3.63) is 51.9 Å². The lowest BCUT2D eigenvalue weighted by molar-refractivity contribution is -0.116. The number of rotatable bonds is 7. The van der Waals surface area contributed by atoms with E-state index in [1.807, 2.05) is 35.2 Å². The first-order valence-corrected chi connectivity index (χ1v) is 11.8. The van der Waals surface area contributed by atoms with E-state index in [4.69, 9.17) is 9.47 Å². The molecule has 182 valence electrons. The van der Waals surface area contributed by atoms with E-state index >= 15 is 0 Å². The molecular weight excluding hydrogens is 458 g/mol. The van der Waals surface area contributed by atoms with Gasteiger partial charge in [-0.05, 0) is 37.6 Å². The van der Waals surface area contributed by atoms with Crippen molar-refractivity contribution in [2.45, 2.75) is 19.8 Å². The molecule has 2 amide bonds. The van der Waals surface area contributed by atoms with Gasteiger partial charge < -0.3 is 24.6 Å². The highest BCUT2D eigenvalue weighted by molar-refractivity contribution is 7.18. The molecule has 9 nitrogen and oxygen atoms in total. The van der Waals surface area contributed by atoms with Crippen molar-refractivity contribution in [2.75, 3.05) is 52.3 Å². The molecule has 1 aromatic carbocycles. The lowest BCUT2D eigenvalue weighted by atomic mass is 10.1. The van der Waals surface area contributed by atoms with Crippen LogP contribution in [0.1, 0.15) is 48.8 Å². The summed E-state index contributed by atoms with van der Waals surface area (Å²) >= 11 is 0.992. The lowest BCUT2D eigenvalue weighted by Crippen LogP contribution is -2.36. The van der Waals surface area contributed by atoms with Crippen LogP contribution >= 0.6 is 11.3 Å². The Morgan fingerprint density at radius 1 is 0.971 bits per heavy atom. The second-order valence-corrected chi connectivity index (χ2v) is 8.92. The van der Waals surface area contributed by atoms with E-state index < -0.39 is 11.9 Å². The molecule has 0 saturated carbocycles. The number of ether oxygens (including phenoxy) is 2. The third-order valence-electron chi connectivity index (χ3n) is 5.71. The maximum atomic E-state index is 12.7. The lowest BCUT2D eigenvalue weighted by Gasteiger charge is -2.22. The highest BCUT2D eigenvalue weighted by Gasteiger charge is 2.27. The summed E-state index contributed by atoms with van der Waals surface area (Å²) < 4.78 is 9.59. The number of carbonyl (C=O) groups excluding carboxylic acids is 4. The fourth-order valence-corrected chi connectivity index (χ4v) is 4.98. The van der Waals surface area contributed by atoms with Crippen LogP contribution in [0, 0.1) is 6.92 Å². The summed E-state index contributed by atoms with van der Waals surface area (Å²) in [5.41, 5.74) is 1.25. The number of anilines is 1. The largest absolute Gasteiger partial charge is 0.465 e. The first-order chi connectivity index (χ1) is 16.3.